The lowest BCUT2D eigenvalue weighted by atomic mass is 9.97. The summed E-state index contributed by atoms with van der Waals surface area (Å²) >= 11 is 0. The molecule has 1 atom stereocenters. The van der Waals surface area contributed by atoms with Gasteiger partial charge in [-0.3, -0.25) is 14.9 Å². The van der Waals surface area contributed by atoms with Gasteiger partial charge in [0.25, 0.3) is 11.6 Å². The third-order valence-corrected chi connectivity index (χ3v) is 7.62. The Labute approximate surface area is 236 Å². The van der Waals surface area contributed by atoms with Gasteiger partial charge in [-0.15, -0.1) is 0 Å². The van der Waals surface area contributed by atoms with E-state index in [1.54, 1.807) is 6.07 Å². The van der Waals surface area contributed by atoms with E-state index in [0.717, 1.165) is 53.5 Å². The van der Waals surface area contributed by atoms with Gasteiger partial charge >= 0.3 is 5.97 Å². The average Bonchev–Trinajstić information content (AvgIpc) is 3.71. The highest BCUT2D eigenvalue weighted by Crippen LogP contribution is 2.34. The van der Waals surface area contributed by atoms with Crippen LogP contribution in [0.2, 0.25) is 0 Å². The Balaban J connectivity index is 1.25. The molecule has 9 nitrogen and oxygen atoms in total. The Morgan fingerprint density at radius 1 is 0.902 bits per heavy atom. The standard InChI is InChI=1S/C32H28N4O5/c37-31(21-41-32(38)27-19-26(36(39)40)14-15-29(27)34-16-6-7-17-34)35-30(23-9-2-1-3-10-23)20-28(33-35)25-13-12-22-8-4-5-11-24(22)18-25/h1-5,8-15,18-19,30H,6-7,16-17,20-21H2/t30-/m0/s1. The molecular formula is C32H28N4O5. The maximum atomic E-state index is 13.5. The Morgan fingerprint density at radius 3 is 2.39 bits per heavy atom. The van der Waals surface area contributed by atoms with Crippen molar-refractivity contribution >= 4 is 39.7 Å². The second-order valence-electron chi connectivity index (χ2n) is 10.2. The first-order valence-corrected chi connectivity index (χ1v) is 13.6. The monoisotopic (exact) mass is 548 g/mol. The third kappa shape index (κ3) is 5.38. The third-order valence-electron chi connectivity index (χ3n) is 7.62. The highest BCUT2D eigenvalue weighted by molar-refractivity contribution is 6.06. The number of hydrogen-bond donors (Lipinski definition) is 0. The van der Waals surface area contributed by atoms with Crippen molar-refractivity contribution in [2.24, 2.45) is 5.10 Å². The SMILES string of the molecule is O=C(OCC(=O)N1N=C(c2ccc3ccccc3c2)C[C@H]1c1ccccc1)c1cc([N+](=O)[O-])ccc1N1CCCC1. The molecule has 4 aromatic carbocycles. The van der Waals surface area contributed by atoms with E-state index >= 15 is 0 Å². The number of esters is 1. The summed E-state index contributed by atoms with van der Waals surface area (Å²) in [4.78, 5) is 39.6. The number of hydrazone groups is 1. The van der Waals surface area contributed by atoms with Crippen molar-refractivity contribution in [1.82, 2.24) is 5.01 Å². The lowest BCUT2D eigenvalue weighted by Crippen LogP contribution is -2.31. The Bertz CT molecular complexity index is 1660. The van der Waals surface area contributed by atoms with Crippen molar-refractivity contribution in [3.63, 3.8) is 0 Å². The smallest absolute Gasteiger partial charge is 0.341 e. The van der Waals surface area contributed by atoms with Gasteiger partial charge < -0.3 is 9.64 Å². The first kappa shape index (κ1) is 26.2. The van der Waals surface area contributed by atoms with Crippen LogP contribution in [0.4, 0.5) is 11.4 Å². The molecule has 0 N–H and O–H groups in total. The van der Waals surface area contributed by atoms with Gasteiger partial charge in [-0.1, -0.05) is 66.7 Å². The summed E-state index contributed by atoms with van der Waals surface area (Å²) in [6, 6.07) is 27.6. The van der Waals surface area contributed by atoms with E-state index in [1.807, 2.05) is 71.6 Å². The maximum absolute atomic E-state index is 13.5. The summed E-state index contributed by atoms with van der Waals surface area (Å²) in [5.74, 6) is -1.26. The molecule has 0 saturated carbocycles. The number of non-ortho nitro benzene ring substituents is 1. The molecule has 4 aromatic rings. The zero-order valence-electron chi connectivity index (χ0n) is 22.3. The largest absolute Gasteiger partial charge is 0.452 e. The minimum Gasteiger partial charge on any atom is -0.452 e. The molecule has 1 amide bonds. The number of nitro benzene ring substituents is 1. The molecule has 0 radical (unpaired) electrons. The van der Waals surface area contributed by atoms with Crippen molar-refractivity contribution in [2.75, 3.05) is 24.6 Å². The molecule has 2 aliphatic rings. The zero-order valence-corrected chi connectivity index (χ0v) is 22.3. The quantitative estimate of drug-likeness (QED) is 0.162. The molecule has 2 aliphatic heterocycles. The minimum absolute atomic E-state index is 0.0790. The first-order valence-electron chi connectivity index (χ1n) is 13.6. The zero-order chi connectivity index (χ0) is 28.3. The Morgan fingerprint density at radius 2 is 1.63 bits per heavy atom. The number of nitrogens with zero attached hydrogens (tertiary/aromatic N) is 4. The van der Waals surface area contributed by atoms with Crippen LogP contribution in [0.3, 0.4) is 0 Å². The number of anilines is 1. The number of hydrogen-bond acceptors (Lipinski definition) is 7. The van der Waals surface area contributed by atoms with Crippen molar-refractivity contribution in [2.45, 2.75) is 25.3 Å². The normalized spacial score (nSPS) is 16.6. The molecule has 2 heterocycles. The lowest BCUT2D eigenvalue weighted by Gasteiger charge is -2.23. The van der Waals surface area contributed by atoms with Crippen LogP contribution in [-0.4, -0.2) is 47.2 Å². The highest BCUT2D eigenvalue weighted by atomic mass is 16.6. The molecule has 1 fully saturated rings. The summed E-state index contributed by atoms with van der Waals surface area (Å²) in [6.45, 7) is 0.949. The highest BCUT2D eigenvalue weighted by Gasteiger charge is 2.34. The first-order chi connectivity index (χ1) is 20.0. The number of rotatable bonds is 7. The van der Waals surface area contributed by atoms with E-state index in [1.165, 1.54) is 17.1 Å². The molecule has 206 valence electrons. The fourth-order valence-electron chi connectivity index (χ4n) is 5.52. The fraction of sp³-hybridized carbons (Fsp3) is 0.219. The summed E-state index contributed by atoms with van der Waals surface area (Å²) in [6.07, 6.45) is 2.45. The van der Waals surface area contributed by atoms with Crippen LogP contribution >= 0.6 is 0 Å². The van der Waals surface area contributed by atoms with Crippen LogP contribution in [0.1, 0.15) is 46.8 Å². The van der Waals surface area contributed by atoms with Crippen LogP contribution in [0, 0.1) is 10.1 Å². The summed E-state index contributed by atoms with van der Waals surface area (Å²) in [7, 11) is 0. The molecule has 0 bridgehead atoms. The number of nitro groups is 1. The fourth-order valence-corrected chi connectivity index (χ4v) is 5.52. The molecule has 0 aromatic heterocycles. The van der Waals surface area contributed by atoms with E-state index in [9.17, 15) is 19.7 Å². The molecule has 41 heavy (non-hydrogen) atoms. The molecule has 0 unspecified atom stereocenters. The van der Waals surface area contributed by atoms with Crippen molar-refractivity contribution in [3.8, 4) is 0 Å². The molecule has 6 rings (SSSR count). The second kappa shape index (κ2) is 11.2. The predicted octanol–water partition coefficient (Wildman–Crippen LogP) is 5.88. The van der Waals surface area contributed by atoms with Crippen LogP contribution in [-0.2, 0) is 9.53 Å². The Hall–Kier alpha value is -5.05. The minimum atomic E-state index is -0.779. The van der Waals surface area contributed by atoms with Gasteiger partial charge in [-0.05, 0) is 46.9 Å². The topological polar surface area (TPSA) is 105 Å². The van der Waals surface area contributed by atoms with Gasteiger partial charge in [0.2, 0.25) is 0 Å². The van der Waals surface area contributed by atoms with Gasteiger partial charge in [0.05, 0.1) is 27.9 Å². The van der Waals surface area contributed by atoms with E-state index < -0.39 is 23.4 Å². The van der Waals surface area contributed by atoms with E-state index in [4.69, 9.17) is 9.84 Å². The molecule has 0 aliphatic carbocycles. The van der Waals surface area contributed by atoms with E-state index in [2.05, 4.69) is 6.07 Å². The molecule has 1 saturated heterocycles. The number of amides is 1. The summed E-state index contributed by atoms with van der Waals surface area (Å²) in [5, 5.41) is 19.7. The molecule has 0 spiro atoms. The molecule has 9 heteroatoms. The van der Waals surface area contributed by atoms with Gasteiger partial charge in [0.1, 0.15) is 0 Å². The second-order valence-corrected chi connectivity index (χ2v) is 10.2. The number of benzene rings is 4. The van der Waals surface area contributed by atoms with Crippen molar-refractivity contribution in [3.05, 3.63) is 118 Å². The van der Waals surface area contributed by atoms with Crippen molar-refractivity contribution in [1.29, 1.82) is 0 Å². The summed E-state index contributed by atoms with van der Waals surface area (Å²) in [5.41, 5.74) is 3.05. The van der Waals surface area contributed by atoms with Crippen molar-refractivity contribution < 1.29 is 19.2 Å². The maximum Gasteiger partial charge on any atom is 0.341 e. The summed E-state index contributed by atoms with van der Waals surface area (Å²) < 4.78 is 5.47. The number of ether oxygens (including phenoxy) is 1. The van der Waals surface area contributed by atoms with Crippen LogP contribution < -0.4 is 4.90 Å². The van der Waals surface area contributed by atoms with Gasteiger partial charge in [0, 0.05) is 31.6 Å². The van der Waals surface area contributed by atoms with E-state index in [-0.39, 0.29) is 17.3 Å². The van der Waals surface area contributed by atoms with Crippen LogP contribution in [0.15, 0.2) is 96.1 Å². The average molecular weight is 549 g/mol. The van der Waals surface area contributed by atoms with Gasteiger partial charge in [-0.2, -0.15) is 5.10 Å². The lowest BCUT2D eigenvalue weighted by molar-refractivity contribution is -0.384. The predicted molar refractivity (Wildman–Crippen MR) is 156 cm³/mol. The number of fused-ring (bicyclic) bond motifs is 1. The Kier molecular flexibility index (Phi) is 7.16. The van der Waals surface area contributed by atoms with Crippen LogP contribution in [0.25, 0.3) is 10.8 Å². The number of carbonyl (C=O) groups excluding carboxylic acids is 2. The van der Waals surface area contributed by atoms with Crippen LogP contribution in [0.5, 0.6) is 0 Å². The van der Waals surface area contributed by atoms with Gasteiger partial charge in [-0.25, -0.2) is 9.80 Å². The van der Waals surface area contributed by atoms with E-state index in [0.29, 0.717) is 12.1 Å². The molecular weight excluding hydrogens is 520 g/mol. The number of carbonyl (C=O) groups is 2. The van der Waals surface area contributed by atoms with Gasteiger partial charge in [0.15, 0.2) is 6.61 Å².